The van der Waals surface area contributed by atoms with Gasteiger partial charge < -0.3 is 19.7 Å². The van der Waals surface area contributed by atoms with Crippen LogP contribution in [0.25, 0.3) is 0 Å². The van der Waals surface area contributed by atoms with Crippen LogP contribution in [0.15, 0.2) is 55.4 Å². The first-order valence-corrected chi connectivity index (χ1v) is 14.6. The van der Waals surface area contributed by atoms with Gasteiger partial charge in [-0.15, -0.1) is 10.2 Å². The van der Waals surface area contributed by atoms with Gasteiger partial charge in [0.25, 0.3) is 5.91 Å². The van der Waals surface area contributed by atoms with Crippen LogP contribution in [0.1, 0.15) is 64.6 Å². The van der Waals surface area contributed by atoms with E-state index in [-0.39, 0.29) is 41.5 Å². The quantitative estimate of drug-likeness (QED) is 0.379. The van der Waals surface area contributed by atoms with Crippen molar-refractivity contribution in [1.82, 2.24) is 25.0 Å². The summed E-state index contributed by atoms with van der Waals surface area (Å²) in [6.07, 6.45) is 0.909. The fourth-order valence-electron chi connectivity index (χ4n) is 7.15. The Bertz CT molecular complexity index is 1580. The number of hydrogen-bond acceptors (Lipinski definition) is 5. The van der Waals surface area contributed by atoms with Crippen LogP contribution in [0.5, 0.6) is 0 Å². The molecule has 11 heteroatoms. The summed E-state index contributed by atoms with van der Waals surface area (Å²) in [5.74, 6) is 0.974. The van der Waals surface area contributed by atoms with Crippen LogP contribution in [-0.2, 0) is 36.5 Å². The number of halogens is 3. The summed E-state index contributed by atoms with van der Waals surface area (Å²) in [7, 11) is 1.90. The molecule has 0 unspecified atom stereocenters. The Morgan fingerprint density at radius 3 is 2.70 bits per heavy atom. The Morgan fingerprint density at radius 1 is 1.23 bits per heavy atom. The van der Waals surface area contributed by atoms with Crippen molar-refractivity contribution >= 4 is 17.5 Å². The van der Waals surface area contributed by atoms with E-state index in [0.717, 1.165) is 36.7 Å². The number of carbonyl (C=O) groups excluding carboxylic acids is 2. The van der Waals surface area contributed by atoms with Crippen LogP contribution in [0.2, 0.25) is 0 Å². The minimum Gasteiger partial charge on any atom is -0.339 e. The lowest BCUT2D eigenvalue weighted by molar-refractivity contribution is -0.138. The highest BCUT2D eigenvalue weighted by Gasteiger charge is 2.48. The number of aromatic nitrogens is 3. The normalized spacial score (nSPS) is 23.4. The maximum Gasteiger partial charge on any atom is 0.416 e. The first-order chi connectivity index (χ1) is 20.5. The maximum atomic E-state index is 14.3. The lowest BCUT2D eigenvalue weighted by Crippen LogP contribution is -2.43. The average Bonchev–Trinajstić information content (AvgIpc) is 3.69. The molecule has 1 atom stereocenters. The molecule has 3 heterocycles. The average molecular weight is 593 g/mol. The zero-order chi connectivity index (χ0) is 30.5. The maximum absolute atomic E-state index is 14.3. The molecule has 1 aliphatic carbocycles. The fraction of sp³-hybridized carbons (Fsp3) is 0.438. The molecule has 43 heavy (non-hydrogen) atoms. The van der Waals surface area contributed by atoms with Gasteiger partial charge >= 0.3 is 6.18 Å². The predicted molar refractivity (Wildman–Crippen MR) is 155 cm³/mol. The van der Waals surface area contributed by atoms with Crippen molar-refractivity contribution in [1.29, 1.82) is 0 Å². The van der Waals surface area contributed by atoms with Gasteiger partial charge in [0.15, 0.2) is 0 Å². The number of rotatable bonds is 8. The molecule has 0 radical (unpaired) electrons. The van der Waals surface area contributed by atoms with Crippen molar-refractivity contribution in [3.8, 4) is 0 Å². The molecule has 2 fully saturated rings. The standard InChI is InChI=1S/C32H35F3N6O2/c1-4-28(42)40-9-8-21(17-40)15-36-16-22-10-25-26(27(11-22)32(33,34)35)18-41(29(25)43)24-7-5-6-23(12-24)31(13-20(2)14-31)30-38-37-19-39(30)3/h4-7,10-12,19-21,36H,1,8-9,13-18H2,2-3H3/t20?,21-,31?/m0/s1. The Kier molecular flexibility index (Phi) is 7.40. The first kappa shape index (κ1) is 29.1. The smallest absolute Gasteiger partial charge is 0.339 e. The molecule has 2 amide bonds. The third-order valence-corrected chi connectivity index (χ3v) is 9.18. The van der Waals surface area contributed by atoms with Crippen LogP contribution >= 0.6 is 0 Å². The zero-order valence-electron chi connectivity index (χ0n) is 24.3. The van der Waals surface area contributed by atoms with Crippen LogP contribution in [-0.4, -0.2) is 51.1 Å². The summed E-state index contributed by atoms with van der Waals surface area (Å²) >= 11 is 0. The molecule has 1 aromatic heterocycles. The number of nitrogens with zero attached hydrogens (tertiary/aromatic N) is 5. The molecule has 3 aliphatic rings. The zero-order valence-corrected chi connectivity index (χ0v) is 24.3. The summed E-state index contributed by atoms with van der Waals surface area (Å²) in [5, 5.41) is 11.7. The second-order valence-electron chi connectivity index (χ2n) is 12.2. The van der Waals surface area contributed by atoms with E-state index in [2.05, 4.69) is 29.0 Å². The molecular weight excluding hydrogens is 557 g/mol. The number of anilines is 1. The van der Waals surface area contributed by atoms with Gasteiger partial charge in [0.05, 0.1) is 17.5 Å². The molecule has 1 saturated heterocycles. The van der Waals surface area contributed by atoms with Crippen LogP contribution < -0.4 is 10.2 Å². The van der Waals surface area contributed by atoms with Gasteiger partial charge in [-0.05, 0) is 78.1 Å². The molecule has 0 bridgehead atoms. The van der Waals surface area contributed by atoms with E-state index in [0.29, 0.717) is 36.8 Å². The lowest BCUT2D eigenvalue weighted by Gasteiger charge is -2.46. The molecule has 2 aromatic carbocycles. The second kappa shape index (κ2) is 10.9. The minimum atomic E-state index is -4.60. The number of likely N-dealkylation sites (tertiary alicyclic amines) is 1. The monoisotopic (exact) mass is 592 g/mol. The van der Waals surface area contributed by atoms with E-state index >= 15 is 0 Å². The van der Waals surface area contributed by atoms with Crippen molar-refractivity contribution in [2.75, 3.05) is 24.5 Å². The molecular formula is C32H35F3N6O2. The Labute approximate surface area is 248 Å². The van der Waals surface area contributed by atoms with Gasteiger partial charge in [-0.2, -0.15) is 13.2 Å². The number of hydrogen-bond donors (Lipinski definition) is 1. The fourth-order valence-corrected chi connectivity index (χ4v) is 7.15. The van der Waals surface area contributed by atoms with Crippen molar-refractivity contribution in [2.45, 2.75) is 50.9 Å². The van der Waals surface area contributed by atoms with Gasteiger partial charge in [-0.3, -0.25) is 9.59 Å². The van der Waals surface area contributed by atoms with Crippen molar-refractivity contribution in [3.05, 3.63) is 89.0 Å². The Morgan fingerprint density at radius 2 is 2.02 bits per heavy atom. The molecule has 8 nitrogen and oxygen atoms in total. The van der Waals surface area contributed by atoms with E-state index in [1.165, 1.54) is 11.0 Å². The van der Waals surface area contributed by atoms with Crippen LogP contribution in [0.3, 0.4) is 0 Å². The van der Waals surface area contributed by atoms with E-state index in [1.54, 1.807) is 23.4 Å². The van der Waals surface area contributed by atoms with Crippen molar-refractivity contribution in [2.24, 2.45) is 18.9 Å². The van der Waals surface area contributed by atoms with Gasteiger partial charge in [0.2, 0.25) is 5.91 Å². The molecule has 1 N–H and O–H groups in total. The van der Waals surface area contributed by atoms with E-state index < -0.39 is 17.6 Å². The number of aryl methyl sites for hydroxylation is 1. The van der Waals surface area contributed by atoms with E-state index in [1.807, 2.05) is 29.8 Å². The second-order valence-corrected chi connectivity index (χ2v) is 12.2. The molecule has 1 saturated carbocycles. The third kappa shape index (κ3) is 5.24. The van der Waals surface area contributed by atoms with Crippen molar-refractivity contribution < 1.29 is 22.8 Å². The van der Waals surface area contributed by atoms with Crippen LogP contribution in [0, 0.1) is 11.8 Å². The summed E-state index contributed by atoms with van der Waals surface area (Å²) in [5.41, 5.74) is 0.887. The number of nitrogens with one attached hydrogen (secondary N) is 1. The predicted octanol–water partition coefficient (Wildman–Crippen LogP) is 4.83. The first-order valence-electron chi connectivity index (χ1n) is 14.6. The van der Waals surface area contributed by atoms with Gasteiger partial charge in [-0.1, -0.05) is 25.6 Å². The van der Waals surface area contributed by atoms with Crippen LogP contribution in [0.4, 0.5) is 18.9 Å². The van der Waals surface area contributed by atoms with E-state index in [4.69, 9.17) is 0 Å². The molecule has 226 valence electrons. The van der Waals surface area contributed by atoms with Crippen molar-refractivity contribution in [3.63, 3.8) is 0 Å². The third-order valence-electron chi connectivity index (χ3n) is 9.18. The molecule has 2 aliphatic heterocycles. The number of carbonyl (C=O) groups is 2. The largest absolute Gasteiger partial charge is 0.416 e. The summed E-state index contributed by atoms with van der Waals surface area (Å²) in [4.78, 5) is 28.7. The number of alkyl halides is 3. The number of amides is 2. The number of benzene rings is 2. The van der Waals surface area contributed by atoms with Gasteiger partial charge in [0.1, 0.15) is 12.2 Å². The van der Waals surface area contributed by atoms with E-state index in [9.17, 15) is 22.8 Å². The summed E-state index contributed by atoms with van der Waals surface area (Å²) in [6.45, 7) is 7.51. The highest BCUT2D eigenvalue weighted by atomic mass is 19.4. The Balaban J connectivity index is 1.24. The SMILES string of the molecule is C=CC(=O)N1CC[C@@H](CNCc2cc3c(c(C(F)(F)F)c2)CN(c2cccc(C4(c5nncn5C)CC(C)C4)c2)C3=O)C1. The summed E-state index contributed by atoms with van der Waals surface area (Å²) < 4.78 is 44.8. The topological polar surface area (TPSA) is 83.4 Å². The summed E-state index contributed by atoms with van der Waals surface area (Å²) in [6, 6.07) is 10.3. The minimum absolute atomic E-state index is 0.00121. The lowest BCUT2D eigenvalue weighted by atomic mass is 9.58. The molecule has 3 aromatic rings. The van der Waals surface area contributed by atoms with Gasteiger partial charge in [-0.25, -0.2) is 0 Å². The van der Waals surface area contributed by atoms with Gasteiger partial charge in [0, 0.05) is 44.5 Å². The molecule has 0 spiro atoms. The number of fused-ring (bicyclic) bond motifs is 1. The Hall–Kier alpha value is -3.99. The highest BCUT2D eigenvalue weighted by molar-refractivity contribution is 6.10. The molecule has 6 rings (SSSR count). The highest BCUT2D eigenvalue weighted by Crippen LogP contribution is 2.52.